The molecule has 0 spiro atoms. The molecule has 0 aromatic heterocycles. The van der Waals surface area contributed by atoms with Crippen molar-refractivity contribution in [2.45, 2.75) is 32.5 Å². The zero-order chi connectivity index (χ0) is 22.6. The smallest absolute Gasteiger partial charge is 0.353 e. The lowest BCUT2D eigenvalue weighted by atomic mass is 9.92. The Morgan fingerprint density at radius 1 is 1.18 bits per heavy atom. The maximum atomic E-state index is 13.4. The van der Waals surface area contributed by atoms with Gasteiger partial charge in [-0.3, -0.25) is 4.90 Å². The molecule has 0 saturated heterocycles. The second-order valence-electron chi connectivity index (χ2n) is 7.24. The molecule has 2 aromatic rings. The van der Waals surface area contributed by atoms with Crippen LogP contribution in [-0.2, 0) is 6.18 Å². The summed E-state index contributed by atoms with van der Waals surface area (Å²) in [5.41, 5.74) is 3.62. The molecule has 0 aliphatic carbocycles. The van der Waals surface area contributed by atoms with E-state index in [1.165, 1.54) is 11.0 Å². The first-order valence-corrected chi connectivity index (χ1v) is 9.09. The molecule has 2 aliphatic heterocycles. The van der Waals surface area contributed by atoms with Crippen LogP contribution < -0.4 is 5.32 Å². The van der Waals surface area contributed by atoms with Gasteiger partial charge in [0.1, 0.15) is 0 Å². The van der Waals surface area contributed by atoms with E-state index in [1.807, 2.05) is 25.1 Å². The van der Waals surface area contributed by atoms with E-state index in [0.717, 1.165) is 23.3 Å². The van der Waals surface area contributed by atoms with E-state index in [1.54, 1.807) is 13.0 Å². The molecule has 0 saturated carbocycles. The third kappa shape index (κ3) is 3.44. The minimum absolute atomic E-state index is 0.269. The molecule has 0 amide bonds. The number of likely N-dealkylation sites (N-methyl/N-ethyl adjacent to an activating group) is 1. The van der Waals surface area contributed by atoms with Crippen molar-refractivity contribution in [3.05, 3.63) is 64.7 Å². The Balaban J connectivity index is 1.89. The topological polar surface area (TPSA) is 27.6 Å². The molecule has 6 heteroatoms. The van der Waals surface area contributed by atoms with E-state index in [4.69, 9.17) is 9.10 Å². The van der Waals surface area contributed by atoms with E-state index in [9.17, 15) is 13.2 Å². The summed E-state index contributed by atoms with van der Waals surface area (Å²) < 4.78 is 63.4. The second-order valence-corrected chi connectivity index (χ2v) is 7.24. The number of hydrogen-bond acceptors (Lipinski definition) is 3. The molecule has 4 rings (SSSR count). The number of nitrogens with one attached hydrogen (secondary N) is 1. The van der Waals surface area contributed by atoms with Crippen molar-refractivity contribution in [2.75, 3.05) is 18.8 Å². The number of anilines is 2. The van der Waals surface area contributed by atoms with Gasteiger partial charge >= 0.3 is 6.18 Å². The van der Waals surface area contributed by atoms with Crippen molar-refractivity contribution < 1.29 is 17.3 Å². The van der Waals surface area contributed by atoms with Crippen LogP contribution >= 0.6 is 0 Å². The lowest BCUT2D eigenvalue weighted by Crippen LogP contribution is -2.33. The van der Waals surface area contributed by atoms with Gasteiger partial charge in [0.2, 0.25) is 0 Å². The number of aliphatic imine (C=N–C) groups is 1. The third-order valence-corrected chi connectivity index (χ3v) is 5.12. The number of nitrogens with zero attached hydrogens (tertiary/aromatic N) is 2. The molecule has 2 heterocycles. The van der Waals surface area contributed by atoms with Crippen molar-refractivity contribution in [1.82, 2.24) is 4.90 Å². The van der Waals surface area contributed by atoms with Crippen molar-refractivity contribution in [3.63, 3.8) is 0 Å². The highest BCUT2D eigenvalue weighted by Gasteiger charge is 2.32. The van der Waals surface area contributed by atoms with E-state index in [-0.39, 0.29) is 6.54 Å². The summed E-state index contributed by atoms with van der Waals surface area (Å²) in [5.74, 6) is 0. The summed E-state index contributed by atoms with van der Waals surface area (Å²) in [6.07, 6.45) is -2.32. The summed E-state index contributed by atoms with van der Waals surface area (Å²) in [5, 5.41) is 3.21. The van der Waals surface area contributed by atoms with Gasteiger partial charge in [0.25, 0.3) is 0 Å². The SMILES string of the molecule is [2H]C([2H])([2H])N1CCC(C2=Nc3cc(C)ccc3Nc3ccc(C(F)(F)F)cc32)=C[C@@H]1C. The maximum absolute atomic E-state index is 13.4. The molecule has 2 aliphatic rings. The van der Waals surface area contributed by atoms with Gasteiger partial charge in [0, 0.05) is 27.9 Å². The van der Waals surface area contributed by atoms with Crippen LogP contribution in [0.3, 0.4) is 0 Å². The molecule has 28 heavy (non-hydrogen) atoms. The molecule has 0 fully saturated rings. The van der Waals surface area contributed by atoms with Gasteiger partial charge in [0.15, 0.2) is 0 Å². The quantitative estimate of drug-likeness (QED) is 0.664. The minimum atomic E-state index is -4.48. The van der Waals surface area contributed by atoms with E-state index in [0.29, 0.717) is 34.8 Å². The highest BCUT2D eigenvalue weighted by Crippen LogP contribution is 2.39. The molecule has 0 unspecified atom stereocenters. The van der Waals surface area contributed by atoms with Gasteiger partial charge in [-0.15, -0.1) is 0 Å². The fourth-order valence-corrected chi connectivity index (χ4v) is 3.54. The van der Waals surface area contributed by atoms with Crippen molar-refractivity contribution >= 4 is 22.8 Å². The first kappa shape index (κ1) is 15.3. The van der Waals surface area contributed by atoms with Crippen molar-refractivity contribution in [1.29, 1.82) is 0 Å². The summed E-state index contributed by atoms with van der Waals surface area (Å²) in [4.78, 5) is 6.17. The summed E-state index contributed by atoms with van der Waals surface area (Å²) in [6.45, 7) is 1.72. The molecule has 2 aromatic carbocycles. The first-order chi connectivity index (χ1) is 14.4. The van der Waals surface area contributed by atoms with Crippen LogP contribution in [0.4, 0.5) is 30.2 Å². The number of halogens is 3. The largest absolute Gasteiger partial charge is 0.416 e. The van der Waals surface area contributed by atoms with Crippen molar-refractivity contribution in [2.24, 2.45) is 4.99 Å². The van der Waals surface area contributed by atoms with Crippen LogP contribution in [0.2, 0.25) is 0 Å². The lowest BCUT2D eigenvalue weighted by molar-refractivity contribution is -0.137. The van der Waals surface area contributed by atoms with Gasteiger partial charge in [-0.05, 0) is 68.7 Å². The first-order valence-electron chi connectivity index (χ1n) is 10.6. The van der Waals surface area contributed by atoms with E-state index in [2.05, 4.69) is 5.32 Å². The molecule has 3 nitrogen and oxygen atoms in total. The average molecular weight is 388 g/mol. The zero-order valence-electron chi connectivity index (χ0n) is 18.6. The Hall–Kier alpha value is -2.60. The van der Waals surface area contributed by atoms with Crippen LogP contribution in [0.25, 0.3) is 0 Å². The van der Waals surface area contributed by atoms with Crippen LogP contribution in [0, 0.1) is 6.92 Å². The van der Waals surface area contributed by atoms with Crippen LogP contribution in [0.15, 0.2) is 53.0 Å². The van der Waals surface area contributed by atoms with Crippen LogP contribution in [-0.4, -0.2) is 30.2 Å². The molecular formula is C22H22F3N3. The monoisotopic (exact) mass is 388 g/mol. The predicted molar refractivity (Wildman–Crippen MR) is 107 cm³/mol. The minimum Gasteiger partial charge on any atom is -0.353 e. The number of benzene rings is 2. The second kappa shape index (κ2) is 6.78. The van der Waals surface area contributed by atoms with Gasteiger partial charge < -0.3 is 5.32 Å². The number of fused-ring (bicyclic) bond motifs is 2. The summed E-state index contributed by atoms with van der Waals surface area (Å²) in [6, 6.07) is 8.82. The standard InChI is InChI=1S/C22H22F3N3/c1-13-4-6-19-20(10-13)27-21(15-8-9-28(3)14(2)11-15)17-12-16(22(23,24)25)5-7-18(17)26-19/h4-7,10-12,14,26H,8-9H2,1-3H3/t14-/m0/s1/i3D3. The van der Waals surface area contributed by atoms with Crippen LogP contribution in [0.1, 0.15) is 34.1 Å². The Morgan fingerprint density at radius 3 is 2.68 bits per heavy atom. The third-order valence-electron chi connectivity index (χ3n) is 5.12. The molecule has 1 atom stereocenters. The summed E-state index contributed by atoms with van der Waals surface area (Å²) in [7, 11) is 0. The Labute approximate surface area is 166 Å². The van der Waals surface area contributed by atoms with Crippen LogP contribution in [0.5, 0.6) is 0 Å². The predicted octanol–water partition coefficient (Wildman–Crippen LogP) is 5.84. The molecule has 0 bridgehead atoms. The number of aryl methyl sites for hydroxylation is 1. The van der Waals surface area contributed by atoms with Gasteiger partial charge in [-0.2, -0.15) is 13.2 Å². The molecule has 146 valence electrons. The maximum Gasteiger partial charge on any atom is 0.416 e. The van der Waals surface area contributed by atoms with Gasteiger partial charge in [-0.25, -0.2) is 4.99 Å². The molecule has 0 radical (unpaired) electrons. The zero-order valence-corrected chi connectivity index (χ0v) is 15.6. The van der Waals surface area contributed by atoms with Gasteiger partial charge in [-0.1, -0.05) is 12.1 Å². The van der Waals surface area contributed by atoms with Crippen molar-refractivity contribution in [3.8, 4) is 0 Å². The summed E-state index contributed by atoms with van der Waals surface area (Å²) >= 11 is 0. The Kier molecular flexibility index (Phi) is 3.71. The average Bonchev–Trinajstić information content (AvgIpc) is 2.82. The number of alkyl halides is 3. The van der Waals surface area contributed by atoms with Gasteiger partial charge in [0.05, 0.1) is 22.6 Å². The Morgan fingerprint density at radius 2 is 1.96 bits per heavy atom. The fourth-order valence-electron chi connectivity index (χ4n) is 3.54. The van der Waals surface area contributed by atoms with E-state index < -0.39 is 24.8 Å². The number of rotatable bonds is 1. The highest BCUT2D eigenvalue weighted by atomic mass is 19.4. The Bertz CT molecular complexity index is 1090. The lowest BCUT2D eigenvalue weighted by Gasteiger charge is -2.29. The normalized spacial score (nSPS) is 21.8. The van der Waals surface area contributed by atoms with E-state index >= 15 is 0 Å². The highest BCUT2D eigenvalue weighted by molar-refractivity contribution is 6.18. The molecular weight excluding hydrogens is 363 g/mol. The number of hydrogen-bond donors (Lipinski definition) is 1. The molecule has 1 N–H and O–H groups in total. The fraction of sp³-hybridized carbons (Fsp3) is 0.318.